The van der Waals surface area contributed by atoms with Crippen LogP contribution in [0.3, 0.4) is 0 Å². The van der Waals surface area contributed by atoms with E-state index in [1.807, 2.05) is 0 Å². The average Bonchev–Trinajstić information content (AvgIpc) is 2.70. The van der Waals surface area contributed by atoms with Crippen LogP contribution in [0.25, 0.3) is 0 Å². The van der Waals surface area contributed by atoms with Crippen LogP contribution in [0.5, 0.6) is 0 Å². The molecule has 0 fully saturated rings. The Morgan fingerprint density at radius 3 is 2.29 bits per heavy atom. The SMILES string of the molecule is CCN(CC(=O)Nc1c(Cl)cccc1Cl)C(=O)CCNS(=O)(=O)c1ccc(F)c(F)c1. The first-order valence-electron chi connectivity index (χ1n) is 9.01. The number of amides is 2. The second-order valence-electron chi connectivity index (χ2n) is 6.28. The minimum atomic E-state index is -4.14. The van der Waals surface area contributed by atoms with Gasteiger partial charge in [0.1, 0.15) is 0 Å². The Morgan fingerprint density at radius 2 is 1.71 bits per heavy atom. The first-order valence-corrected chi connectivity index (χ1v) is 11.3. The molecule has 12 heteroatoms. The Labute approximate surface area is 188 Å². The third-order valence-corrected chi connectivity index (χ3v) is 6.22. The summed E-state index contributed by atoms with van der Waals surface area (Å²) in [5.41, 5.74) is 0.221. The van der Waals surface area contributed by atoms with E-state index in [1.165, 1.54) is 4.90 Å². The number of halogens is 4. The highest BCUT2D eigenvalue weighted by Crippen LogP contribution is 2.29. The van der Waals surface area contributed by atoms with Crippen LogP contribution in [-0.2, 0) is 19.6 Å². The number of para-hydroxylation sites is 1. The van der Waals surface area contributed by atoms with E-state index in [1.54, 1.807) is 25.1 Å². The van der Waals surface area contributed by atoms with Crippen molar-refractivity contribution in [2.24, 2.45) is 0 Å². The summed E-state index contributed by atoms with van der Waals surface area (Å²) in [6.45, 7) is 1.25. The largest absolute Gasteiger partial charge is 0.334 e. The molecule has 0 saturated carbocycles. The van der Waals surface area contributed by atoms with Gasteiger partial charge in [-0.3, -0.25) is 9.59 Å². The van der Waals surface area contributed by atoms with Crippen LogP contribution in [0.15, 0.2) is 41.3 Å². The van der Waals surface area contributed by atoms with Crippen molar-refractivity contribution in [2.45, 2.75) is 18.2 Å². The molecule has 0 saturated heterocycles. The zero-order chi connectivity index (χ0) is 23.2. The van der Waals surface area contributed by atoms with Gasteiger partial charge in [0, 0.05) is 19.5 Å². The number of anilines is 1. The van der Waals surface area contributed by atoms with E-state index in [-0.39, 0.29) is 41.8 Å². The highest BCUT2D eigenvalue weighted by atomic mass is 35.5. The summed E-state index contributed by atoms with van der Waals surface area (Å²) in [7, 11) is -4.14. The van der Waals surface area contributed by atoms with Gasteiger partial charge in [0.15, 0.2) is 11.6 Å². The molecule has 31 heavy (non-hydrogen) atoms. The molecule has 2 amide bonds. The maximum Gasteiger partial charge on any atom is 0.244 e. The molecule has 0 aliphatic heterocycles. The number of sulfonamides is 1. The number of hydrogen-bond donors (Lipinski definition) is 2. The number of nitrogens with one attached hydrogen (secondary N) is 2. The van der Waals surface area contributed by atoms with Crippen LogP contribution in [-0.4, -0.2) is 44.8 Å². The van der Waals surface area contributed by atoms with E-state index in [9.17, 15) is 26.8 Å². The van der Waals surface area contributed by atoms with Crippen molar-refractivity contribution in [2.75, 3.05) is 25.0 Å². The van der Waals surface area contributed by atoms with E-state index >= 15 is 0 Å². The Kier molecular flexibility index (Phi) is 8.75. The summed E-state index contributed by atoms with van der Waals surface area (Å²) in [4.78, 5) is 25.4. The molecule has 0 aliphatic rings. The summed E-state index contributed by atoms with van der Waals surface area (Å²) >= 11 is 12.0. The van der Waals surface area contributed by atoms with Crippen LogP contribution in [0.2, 0.25) is 10.0 Å². The first-order chi connectivity index (χ1) is 14.5. The van der Waals surface area contributed by atoms with Crippen molar-refractivity contribution in [3.05, 3.63) is 58.1 Å². The van der Waals surface area contributed by atoms with E-state index in [0.29, 0.717) is 12.1 Å². The van der Waals surface area contributed by atoms with Crippen molar-refractivity contribution in [1.82, 2.24) is 9.62 Å². The number of rotatable bonds is 9. The molecule has 0 heterocycles. The third-order valence-electron chi connectivity index (χ3n) is 4.13. The second-order valence-corrected chi connectivity index (χ2v) is 8.86. The lowest BCUT2D eigenvalue weighted by atomic mass is 10.3. The van der Waals surface area contributed by atoms with Gasteiger partial charge in [0.05, 0.1) is 27.2 Å². The van der Waals surface area contributed by atoms with E-state index < -0.39 is 38.4 Å². The lowest BCUT2D eigenvalue weighted by Gasteiger charge is -2.21. The summed E-state index contributed by atoms with van der Waals surface area (Å²) < 4.78 is 52.7. The van der Waals surface area contributed by atoms with Crippen LogP contribution in [0.1, 0.15) is 13.3 Å². The molecule has 0 aromatic heterocycles. The monoisotopic (exact) mass is 493 g/mol. The topological polar surface area (TPSA) is 95.6 Å². The predicted octanol–water partition coefficient (Wildman–Crippen LogP) is 3.43. The second kappa shape index (κ2) is 10.9. The molecule has 0 radical (unpaired) electrons. The molecule has 2 N–H and O–H groups in total. The quantitative estimate of drug-likeness (QED) is 0.559. The standard InChI is InChI=1S/C19H19Cl2F2N3O4S/c1-2-26(11-17(27)25-19-13(20)4-3-5-14(19)21)18(28)8-9-24-31(29,30)12-6-7-15(22)16(23)10-12/h3-7,10,24H,2,8-9,11H2,1H3,(H,25,27). The molecule has 0 bridgehead atoms. The molecule has 0 unspecified atom stereocenters. The maximum absolute atomic E-state index is 13.3. The van der Waals surface area contributed by atoms with Crippen LogP contribution >= 0.6 is 23.2 Å². The van der Waals surface area contributed by atoms with Crippen molar-refractivity contribution in [1.29, 1.82) is 0 Å². The van der Waals surface area contributed by atoms with Crippen LogP contribution in [0, 0.1) is 11.6 Å². The van der Waals surface area contributed by atoms with Gasteiger partial charge >= 0.3 is 0 Å². The summed E-state index contributed by atoms with van der Waals surface area (Å²) in [5.74, 6) is -3.51. The van der Waals surface area contributed by atoms with E-state index in [0.717, 1.165) is 6.07 Å². The molecule has 168 valence electrons. The Balaban J connectivity index is 1.92. The van der Waals surface area contributed by atoms with Crippen LogP contribution in [0.4, 0.5) is 14.5 Å². The molecule has 0 aliphatic carbocycles. The Bertz CT molecular complexity index is 1060. The number of carbonyl (C=O) groups is 2. The van der Waals surface area contributed by atoms with Gasteiger partial charge in [-0.05, 0) is 37.3 Å². The first kappa shape index (κ1) is 25.0. The fourth-order valence-electron chi connectivity index (χ4n) is 2.52. The van der Waals surface area contributed by atoms with Gasteiger partial charge < -0.3 is 10.2 Å². The molecular formula is C19H19Cl2F2N3O4S. The highest BCUT2D eigenvalue weighted by molar-refractivity contribution is 7.89. The maximum atomic E-state index is 13.3. The minimum absolute atomic E-state index is 0.193. The summed E-state index contributed by atoms with van der Waals surface area (Å²) in [6, 6.07) is 6.85. The number of nitrogens with zero attached hydrogens (tertiary/aromatic N) is 1. The zero-order valence-electron chi connectivity index (χ0n) is 16.3. The van der Waals surface area contributed by atoms with Gasteiger partial charge in [-0.1, -0.05) is 29.3 Å². The van der Waals surface area contributed by atoms with Crippen molar-refractivity contribution in [3.8, 4) is 0 Å². The Morgan fingerprint density at radius 1 is 1.06 bits per heavy atom. The zero-order valence-corrected chi connectivity index (χ0v) is 18.6. The molecule has 2 rings (SSSR count). The summed E-state index contributed by atoms with van der Waals surface area (Å²) in [5, 5.41) is 3.01. The molecule has 7 nitrogen and oxygen atoms in total. The molecule has 2 aromatic carbocycles. The van der Waals surface area contributed by atoms with Gasteiger partial charge in [0.25, 0.3) is 0 Å². The smallest absolute Gasteiger partial charge is 0.244 e. The Hall–Kier alpha value is -2.27. The van der Waals surface area contributed by atoms with Crippen molar-refractivity contribution >= 4 is 50.7 Å². The predicted molar refractivity (Wildman–Crippen MR) is 114 cm³/mol. The number of likely N-dealkylation sites (N-methyl/N-ethyl adjacent to an activating group) is 1. The summed E-state index contributed by atoms with van der Waals surface area (Å²) in [6.07, 6.45) is -0.253. The highest BCUT2D eigenvalue weighted by Gasteiger charge is 2.20. The molecule has 0 atom stereocenters. The third kappa shape index (κ3) is 6.86. The number of carbonyl (C=O) groups excluding carboxylic acids is 2. The van der Waals surface area contributed by atoms with Crippen LogP contribution < -0.4 is 10.0 Å². The lowest BCUT2D eigenvalue weighted by Crippen LogP contribution is -2.39. The normalized spacial score (nSPS) is 11.3. The molecular weight excluding hydrogens is 475 g/mol. The van der Waals surface area contributed by atoms with Gasteiger partial charge in [0.2, 0.25) is 21.8 Å². The number of hydrogen-bond acceptors (Lipinski definition) is 4. The van der Waals surface area contributed by atoms with Crippen molar-refractivity contribution < 1.29 is 26.8 Å². The number of benzene rings is 2. The van der Waals surface area contributed by atoms with Crippen molar-refractivity contribution in [3.63, 3.8) is 0 Å². The lowest BCUT2D eigenvalue weighted by molar-refractivity contribution is -0.134. The van der Waals surface area contributed by atoms with Gasteiger partial charge in [-0.25, -0.2) is 21.9 Å². The fraction of sp³-hybridized carbons (Fsp3) is 0.263. The average molecular weight is 494 g/mol. The van der Waals surface area contributed by atoms with E-state index in [4.69, 9.17) is 23.2 Å². The van der Waals surface area contributed by atoms with E-state index in [2.05, 4.69) is 10.0 Å². The van der Waals surface area contributed by atoms with Gasteiger partial charge in [-0.15, -0.1) is 0 Å². The molecule has 2 aromatic rings. The fourth-order valence-corrected chi connectivity index (χ4v) is 4.06. The molecule has 0 spiro atoms. The minimum Gasteiger partial charge on any atom is -0.334 e. The van der Waals surface area contributed by atoms with Gasteiger partial charge in [-0.2, -0.15) is 0 Å².